The second-order valence-corrected chi connectivity index (χ2v) is 11.9. The molecule has 0 heterocycles. The number of rotatable bonds is 12. The summed E-state index contributed by atoms with van der Waals surface area (Å²) in [6, 6.07) is 30.4. The Bertz CT molecular complexity index is 1700. The first-order chi connectivity index (χ1) is 22.1. The average molecular weight is 636 g/mol. The SMILES string of the molecule is CCC(Sc1cccc(NC(=O)/C(=C\c2ccc(N(C)C)cc2)NC(=O)c2ccccc2)c1)C(=O)Nc1ccc(NC(C)=O)cc1. The highest BCUT2D eigenvalue weighted by Gasteiger charge is 2.19. The third kappa shape index (κ3) is 9.83. The summed E-state index contributed by atoms with van der Waals surface area (Å²) in [6.45, 7) is 3.37. The van der Waals surface area contributed by atoms with Crippen molar-refractivity contribution < 1.29 is 19.2 Å². The average Bonchev–Trinajstić information content (AvgIpc) is 3.04. The van der Waals surface area contributed by atoms with Crippen molar-refractivity contribution >= 4 is 64.2 Å². The Morgan fingerprint density at radius 2 is 1.41 bits per heavy atom. The van der Waals surface area contributed by atoms with Crippen LogP contribution in [0.25, 0.3) is 6.08 Å². The Labute approximate surface area is 273 Å². The van der Waals surface area contributed by atoms with Gasteiger partial charge in [-0.25, -0.2) is 0 Å². The summed E-state index contributed by atoms with van der Waals surface area (Å²) in [5.41, 5.74) is 4.04. The van der Waals surface area contributed by atoms with E-state index >= 15 is 0 Å². The lowest BCUT2D eigenvalue weighted by atomic mass is 10.1. The lowest BCUT2D eigenvalue weighted by Gasteiger charge is -2.16. The molecule has 0 spiro atoms. The van der Waals surface area contributed by atoms with Crippen molar-refractivity contribution in [2.75, 3.05) is 34.9 Å². The van der Waals surface area contributed by atoms with Crippen LogP contribution < -0.4 is 26.2 Å². The van der Waals surface area contributed by atoms with E-state index in [2.05, 4.69) is 21.3 Å². The molecule has 0 bridgehead atoms. The van der Waals surface area contributed by atoms with Crippen molar-refractivity contribution in [2.24, 2.45) is 0 Å². The number of nitrogens with zero attached hydrogens (tertiary/aromatic N) is 1. The molecule has 4 aromatic carbocycles. The van der Waals surface area contributed by atoms with Gasteiger partial charge in [-0.15, -0.1) is 11.8 Å². The number of benzene rings is 4. The van der Waals surface area contributed by atoms with Gasteiger partial charge in [-0.05, 0) is 84.8 Å². The van der Waals surface area contributed by atoms with Crippen molar-refractivity contribution in [3.63, 3.8) is 0 Å². The summed E-state index contributed by atoms with van der Waals surface area (Å²) < 4.78 is 0. The van der Waals surface area contributed by atoms with Crippen LogP contribution in [0.5, 0.6) is 0 Å². The standard InChI is InChI=1S/C36H37N5O4S/c1-5-33(36(45)38-28-18-16-27(17-19-28)37-24(2)42)46-31-13-9-12-29(23-31)39-35(44)32(40-34(43)26-10-7-6-8-11-26)22-25-14-20-30(21-15-25)41(3)4/h6-23,33H,5H2,1-4H3,(H,37,42)(H,38,45)(H,39,44)(H,40,43)/b32-22+. The van der Waals surface area contributed by atoms with E-state index in [9.17, 15) is 19.2 Å². The zero-order chi connectivity index (χ0) is 33.1. The fourth-order valence-corrected chi connectivity index (χ4v) is 5.39. The van der Waals surface area contributed by atoms with Crippen LogP contribution in [0.4, 0.5) is 22.7 Å². The number of nitrogens with one attached hydrogen (secondary N) is 4. The Morgan fingerprint density at radius 1 is 0.761 bits per heavy atom. The molecule has 0 aliphatic rings. The van der Waals surface area contributed by atoms with Gasteiger partial charge in [0.25, 0.3) is 11.8 Å². The number of hydrogen-bond donors (Lipinski definition) is 4. The molecule has 0 aliphatic heterocycles. The highest BCUT2D eigenvalue weighted by Crippen LogP contribution is 2.29. The van der Waals surface area contributed by atoms with Gasteiger partial charge in [-0.1, -0.05) is 43.3 Å². The molecule has 4 rings (SSSR count). The van der Waals surface area contributed by atoms with Crippen LogP contribution in [0.2, 0.25) is 0 Å². The largest absolute Gasteiger partial charge is 0.378 e. The van der Waals surface area contributed by atoms with Gasteiger partial charge in [0.15, 0.2) is 0 Å². The summed E-state index contributed by atoms with van der Waals surface area (Å²) in [4.78, 5) is 53.7. The van der Waals surface area contributed by atoms with Gasteiger partial charge in [0, 0.05) is 54.2 Å². The van der Waals surface area contributed by atoms with Crippen LogP contribution in [0, 0.1) is 0 Å². The van der Waals surface area contributed by atoms with Crippen molar-refractivity contribution in [3.05, 3.63) is 120 Å². The molecule has 0 fully saturated rings. The zero-order valence-corrected chi connectivity index (χ0v) is 27.0. The maximum absolute atomic E-state index is 13.5. The quantitative estimate of drug-likeness (QED) is 0.103. The van der Waals surface area contributed by atoms with Crippen LogP contribution in [0.3, 0.4) is 0 Å². The molecule has 1 unspecified atom stereocenters. The second-order valence-electron chi connectivity index (χ2n) is 10.6. The molecule has 4 aromatic rings. The van der Waals surface area contributed by atoms with Crippen molar-refractivity contribution in [1.82, 2.24) is 5.32 Å². The number of carbonyl (C=O) groups excluding carboxylic acids is 4. The number of amides is 4. The number of carbonyl (C=O) groups is 4. The normalized spacial score (nSPS) is 11.6. The summed E-state index contributed by atoms with van der Waals surface area (Å²) in [5, 5.41) is 10.9. The smallest absolute Gasteiger partial charge is 0.272 e. The lowest BCUT2D eigenvalue weighted by Crippen LogP contribution is -2.30. The maximum atomic E-state index is 13.5. The fourth-order valence-electron chi connectivity index (χ4n) is 4.37. The molecule has 0 aliphatic carbocycles. The molecule has 0 aromatic heterocycles. The molecule has 0 saturated carbocycles. The topological polar surface area (TPSA) is 120 Å². The predicted octanol–water partition coefficient (Wildman–Crippen LogP) is 6.63. The molecule has 10 heteroatoms. The van der Waals surface area contributed by atoms with Gasteiger partial charge in [0.05, 0.1) is 5.25 Å². The Balaban J connectivity index is 1.48. The molecular formula is C36H37N5O4S. The molecule has 1 atom stereocenters. The molecule has 236 valence electrons. The minimum atomic E-state index is -0.490. The molecule has 9 nitrogen and oxygen atoms in total. The Morgan fingerprint density at radius 3 is 2.02 bits per heavy atom. The summed E-state index contributed by atoms with van der Waals surface area (Å²) in [5.74, 6) is -1.23. The maximum Gasteiger partial charge on any atom is 0.272 e. The van der Waals surface area contributed by atoms with E-state index in [0.717, 1.165) is 16.1 Å². The van der Waals surface area contributed by atoms with Gasteiger partial charge >= 0.3 is 0 Å². The number of anilines is 4. The molecule has 4 amide bonds. The molecule has 4 N–H and O–H groups in total. The second kappa shape index (κ2) is 16.1. The van der Waals surface area contributed by atoms with E-state index < -0.39 is 17.1 Å². The fraction of sp³-hybridized carbons (Fsp3) is 0.167. The van der Waals surface area contributed by atoms with E-state index in [1.807, 2.05) is 62.3 Å². The first kappa shape index (κ1) is 33.5. The van der Waals surface area contributed by atoms with Crippen molar-refractivity contribution in [2.45, 2.75) is 30.4 Å². The van der Waals surface area contributed by atoms with Crippen molar-refractivity contribution in [1.29, 1.82) is 0 Å². The number of thioether (sulfide) groups is 1. The highest BCUT2D eigenvalue weighted by atomic mass is 32.2. The first-order valence-corrected chi connectivity index (χ1v) is 15.6. The molecule has 46 heavy (non-hydrogen) atoms. The zero-order valence-electron chi connectivity index (χ0n) is 26.2. The van der Waals surface area contributed by atoms with Crippen LogP contribution in [-0.4, -0.2) is 43.0 Å². The Hall–Kier alpha value is -5.35. The lowest BCUT2D eigenvalue weighted by molar-refractivity contribution is -0.116. The van der Waals surface area contributed by atoms with E-state index in [1.165, 1.54) is 18.7 Å². The monoisotopic (exact) mass is 635 g/mol. The Kier molecular flexibility index (Phi) is 11.7. The first-order valence-electron chi connectivity index (χ1n) is 14.7. The molecule has 0 radical (unpaired) electrons. The minimum absolute atomic E-state index is 0.0832. The third-order valence-electron chi connectivity index (χ3n) is 6.76. The van der Waals surface area contributed by atoms with Crippen LogP contribution in [0.1, 0.15) is 36.2 Å². The van der Waals surface area contributed by atoms with E-state index in [-0.39, 0.29) is 17.5 Å². The third-order valence-corrected chi connectivity index (χ3v) is 8.11. The van der Waals surface area contributed by atoms with Gasteiger partial charge < -0.3 is 26.2 Å². The van der Waals surface area contributed by atoms with Crippen molar-refractivity contribution in [3.8, 4) is 0 Å². The molecular weight excluding hydrogens is 598 g/mol. The van der Waals surface area contributed by atoms with E-state index in [4.69, 9.17) is 0 Å². The highest BCUT2D eigenvalue weighted by molar-refractivity contribution is 8.00. The summed E-state index contributed by atoms with van der Waals surface area (Å²) in [7, 11) is 3.89. The minimum Gasteiger partial charge on any atom is -0.378 e. The predicted molar refractivity (Wildman–Crippen MR) is 187 cm³/mol. The van der Waals surface area contributed by atoms with E-state index in [1.54, 1.807) is 72.8 Å². The summed E-state index contributed by atoms with van der Waals surface area (Å²) >= 11 is 1.38. The van der Waals surface area contributed by atoms with E-state index in [0.29, 0.717) is 29.0 Å². The van der Waals surface area contributed by atoms with Gasteiger partial charge in [0.2, 0.25) is 11.8 Å². The molecule has 0 saturated heterocycles. The number of hydrogen-bond acceptors (Lipinski definition) is 6. The van der Waals surface area contributed by atoms with Crippen LogP contribution in [0.15, 0.2) is 114 Å². The van der Waals surface area contributed by atoms with Crippen LogP contribution in [-0.2, 0) is 14.4 Å². The van der Waals surface area contributed by atoms with Gasteiger partial charge in [-0.2, -0.15) is 0 Å². The van der Waals surface area contributed by atoms with Gasteiger partial charge in [0.1, 0.15) is 5.70 Å². The van der Waals surface area contributed by atoms with Gasteiger partial charge in [-0.3, -0.25) is 19.2 Å². The van der Waals surface area contributed by atoms with Crippen LogP contribution >= 0.6 is 11.8 Å². The summed E-state index contributed by atoms with van der Waals surface area (Å²) in [6.07, 6.45) is 2.20.